The lowest BCUT2D eigenvalue weighted by molar-refractivity contribution is 0.0407. The fourth-order valence-corrected chi connectivity index (χ4v) is 1.93. The van der Waals surface area contributed by atoms with E-state index in [1.54, 1.807) is 39.1 Å². The Kier molecular flexibility index (Phi) is 5.89. The highest BCUT2D eigenvalue weighted by atomic mass is 16.3. The van der Waals surface area contributed by atoms with Gasteiger partial charge in [0.1, 0.15) is 11.4 Å². The van der Waals surface area contributed by atoms with Crippen LogP contribution in [0.3, 0.4) is 0 Å². The number of rotatable bonds is 4. The number of pyridine rings is 2. The average molecular weight is 337 g/mol. The van der Waals surface area contributed by atoms with E-state index in [2.05, 4.69) is 27.1 Å². The summed E-state index contributed by atoms with van der Waals surface area (Å²) in [6.45, 7) is 7.08. The Morgan fingerprint density at radius 3 is 2.64 bits per heavy atom. The van der Waals surface area contributed by atoms with Gasteiger partial charge in [-0.1, -0.05) is 18.9 Å². The Labute approximate surface area is 148 Å². The Hall–Kier alpha value is -2.71. The zero-order chi connectivity index (χ0) is 18.4. The molecule has 0 fully saturated rings. The summed E-state index contributed by atoms with van der Waals surface area (Å²) in [5, 5.41) is 12.6. The van der Waals surface area contributed by atoms with Gasteiger partial charge < -0.3 is 10.4 Å². The zero-order valence-corrected chi connectivity index (χ0v) is 15.0. The van der Waals surface area contributed by atoms with E-state index >= 15 is 0 Å². The third-order valence-corrected chi connectivity index (χ3v) is 3.91. The van der Waals surface area contributed by atoms with Gasteiger partial charge in [-0.3, -0.25) is 4.79 Å². The summed E-state index contributed by atoms with van der Waals surface area (Å²) in [6.07, 6.45) is 2.42. The maximum Gasteiger partial charge on any atom is 0.270 e. The molecule has 2 heterocycles. The smallest absolute Gasteiger partial charge is 0.270 e. The molecule has 0 spiro atoms. The first-order valence-corrected chi connectivity index (χ1v) is 8.27. The van der Waals surface area contributed by atoms with E-state index in [-0.39, 0.29) is 11.6 Å². The molecule has 5 nitrogen and oxygen atoms in total. The zero-order valence-electron chi connectivity index (χ0n) is 15.0. The molecule has 0 radical (unpaired) electrons. The largest absolute Gasteiger partial charge is 0.388 e. The average Bonchev–Trinajstić information content (AvgIpc) is 2.59. The molecule has 0 aromatic carbocycles. The van der Waals surface area contributed by atoms with Crippen molar-refractivity contribution in [2.24, 2.45) is 0 Å². The van der Waals surface area contributed by atoms with Gasteiger partial charge in [0.15, 0.2) is 0 Å². The maximum absolute atomic E-state index is 12.1. The summed E-state index contributed by atoms with van der Waals surface area (Å²) >= 11 is 0. The van der Waals surface area contributed by atoms with E-state index in [1.807, 2.05) is 25.1 Å². The maximum atomic E-state index is 12.1. The van der Waals surface area contributed by atoms with Gasteiger partial charge in [-0.15, -0.1) is 0 Å². The minimum absolute atomic E-state index is 0.285. The first kappa shape index (κ1) is 18.6. The third kappa shape index (κ3) is 5.40. The lowest BCUT2D eigenvalue weighted by Gasteiger charge is -2.26. The summed E-state index contributed by atoms with van der Waals surface area (Å²) in [5.41, 5.74) is 1.70. The molecule has 0 aliphatic rings. The molecule has 0 aliphatic heterocycles. The standard InChI is InChI=1S/C20H23N3O2/c1-5-16-7-6-8-17(23-16)11-9-15-10-12-18(21-13-15)19(24)22-14(2)20(3,4)25/h6-8,10,12-14,25H,5H2,1-4H3,(H,22,24)/t14-/m1/s1. The van der Waals surface area contributed by atoms with Gasteiger partial charge in [-0.25, -0.2) is 9.97 Å². The van der Waals surface area contributed by atoms with Crippen molar-refractivity contribution in [1.29, 1.82) is 0 Å². The predicted octanol–water partition coefficient (Wildman–Crippen LogP) is 2.33. The Morgan fingerprint density at radius 1 is 1.28 bits per heavy atom. The van der Waals surface area contributed by atoms with Crippen LogP contribution in [-0.4, -0.2) is 32.6 Å². The second kappa shape index (κ2) is 7.91. The Morgan fingerprint density at radius 2 is 2.04 bits per heavy atom. The van der Waals surface area contributed by atoms with Crippen LogP contribution in [0.25, 0.3) is 0 Å². The van der Waals surface area contributed by atoms with Crippen molar-refractivity contribution >= 4 is 5.91 Å². The van der Waals surface area contributed by atoms with Gasteiger partial charge in [0.25, 0.3) is 5.91 Å². The van der Waals surface area contributed by atoms with Gasteiger partial charge in [-0.05, 0) is 57.4 Å². The van der Waals surface area contributed by atoms with E-state index in [1.165, 1.54) is 0 Å². The molecule has 0 saturated carbocycles. The number of hydrogen-bond donors (Lipinski definition) is 2. The number of carbonyl (C=O) groups is 1. The van der Waals surface area contributed by atoms with Crippen LogP contribution in [0.15, 0.2) is 36.5 Å². The topological polar surface area (TPSA) is 75.1 Å². The minimum atomic E-state index is -0.999. The van der Waals surface area contributed by atoms with E-state index in [9.17, 15) is 9.90 Å². The van der Waals surface area contributed by atoms with Crippen LogP contribution in [0.5, 0.6) is 0 Å². The summed E-state index contributed by atoms with van der Waals surface area (Å²) in [5.74, 6) is 5.67. The number of aliphatic hydroxyl groups is 1. The Bertz CT molecular complexity index is 796. The summed E-state index contributed by atoms with van der Waals surface area (Å²) in [6, 6.07) is 8.73. The molecular weight excluding hydrogens is 314 g/mol. The van der Waals surface area contributed by atoms with Crippen LogP contribution in [0.2, 0.25) is 0 Å². The Balaban J connectivity index is 2.07. The fraction of sp³-hybridized carbons (Fsp3) is 0.350. The molecule has 130 valence electrons. The van der Waals surface area contributed by atoms with Crippen LogP contribution >= 0.6 is 0 Å². The summed E-state index contributed by atoms with van der Waals surface area (Å²) < 4.78 is 0. The molecular formula is C20H23N3O2. The van der Waals surface area contributed by atoms with Crippen molar-refractivity contribution in [1.82, 2.24) is 15.3 Å². The third-order valence-electron chi connectivity index (χ3n) is 3.91. The minimum Gasteiger partial charge on any atom is -0.388 e. The molecule has 1 amide bonds. The number of hydrogen-bond acceptors (Lipinski definition) is 4. The normalized spacial score (nSPS) is 12.0. The van der Waals surface area contributed by atoms with Crippen molar-refractivity contribution in [2.45, 2.75) is 45.8 Å². The number of nitrogens with one attached hydrogen (secondary N) is 1. The molecule has 0 unspecified atom stereocenters. The fourth-order valence-electron chi connectivity index (χ4n) is 1.93. The van der Waals surface area contributed by atoms with Crippen molar-refractivity contribution in [3.05, 3.63) is 59.2 Å². The predicted molar refractivity (Wildman–Crippen MR) is 97.1 cm³/mol. The number of aryl methyl sites for hydroxylation is 1. The van der Waals surface area contributed by atoms with Gasteiger partial charge in [0.2, 0.25) is 0 Å². The van der Waals surface area contributed by atoms with Crippen LogP contribution in [0, 0.1) is 11.8 Å². The van der Waals surface area contributed by atoms with Gasteiger partial charge in [-0.2, -0.15) is 0 Å². The van der Waals surface area contributed by atoms with E-state index in [0.29, 0.717) is 11.3 Å². The second-order valence-corrected chi connectivity index (χ2v) is 6.40. The van der Waals surface area contributed by atoms with E-state index in [4.69, 9.17) is 0 Å². The molecule has 0 aliphatic carbocycles. The molecule has 2 aromatic heterocycles. The highest BCUT2D eigenvalue weighted by Gasteiger charge is 2.24. The van der Waals surface area contributed by atoms with Gasteiger partial charge in [0, 0.05) is 17.5 Å². The molecule has 2 N–H and O–H groups in total. The first-order chi connectivity index (χ1) is 11.8. The van der Waals surface area contributed by atoms with Crippen LogP contribution in [0.1, 0.15) is 55.1 Å². The number of nitrogens with zero attached hydrogens (tertiary/aromatic N) is 2. The lowest BCUT2D eigenvalue weighted by Crippen LogP contribution is -2.47. The van der Waals surface area contributed by atoms with Crippen LogP contribution in [-0.2, 0) is 6.42 Å². The molecule has 0 bridgehead atoms. The molecule has 1 atom stereocenters. The number of aromatic nitrogens is 2. The van der Waals surface area contributed by atoms with E-state index < -0.39 is 11.6 Å². The van der Waals surface area contributed by atoms with Crippen molar-refractivity contribution in [3.8, 4) is 11.8 Å². The molecule has 2 aromatic rings. The molecule has 5 heteroatoms. The monoisotopic (exact) mass is 337 g/mol. The highest BCUT2D eigenvalue weighted by molar-refractivity contribution is 5.92. The SMILES string of the molecule is CCc1cccc(C#Cc2ccc(C(=O)N[C@H](C)C(C)(C)O)nc2)n1. The summed E-state index contributed by atoms with van der Waals surface area (Å²) in [7, 11) is 0. The summed E-state index contributed by atoms with van der Waals surface area (Å²) in [4.78, 5) is 20.7. The lowest BCUT2D eigenvalue weighted by atomic mass is 10.0. The van der Waals surface area contributed by atoms with Crippen LogP contribution in [0.4, 0.5) is 0 Å². The second-order valence-electron chi connectivity index (χ2n) is 6.40. The van der Waals surface area contributed by atoms with Crippen molar-refractivity contribution in [3.63, 3.8) is 0 Å². The number of carbonyl (C=O) groups excluding carboxylic acids is 1. The highest BCUT2D eigenvalue weighted by Crippen LogP contribution is 2.08. The molecule has 2 rings (SSSR count). The van der Waals surface area contributed by atoms with Gasteiger partial charge in [0.05, 0.1) is 11.6 Å². The quantitative estimate of drug-likeness (QED) is 0.840. The van der Waals surface area contributed by atoms with E-state index in [0.717, 1.165) is 12.1 Å². The number of amides is 1. The van der Waals surface area contributed by atoms with Gasteiger partial charge >= 0.3 is 0 Å². The molecule has 0 saturated heterocycles. The van der Waals surface area contributed by atoms with Crippen LogP contribution < -0.4 is 5.32 Å². The molecule has 25 heavy (non-hydrogen) atoms. The first-order valence-electron chi connectivity index (χ1n) is 8.27. The van der Waals surface area contributed by atoms with Crippen molar-refractivity contribution < 1.29 is 9.90 Å². The van der Waals surface area contributed by atoms with Crippen molar-refractivity contribution in [2.75, 3.05) is 0 Å².